The number of rotatable bonds is 6. The molecule has 0 saturated carbocycles. The van der Waals surface area contributed by atoms with Gasteiger partial charge in [-0.15, -0.1) is 0 Å². The van der Waals surface area contributed by atoms with Crippen LogP contribution < -0.4 is 8.92 Å². The number of sulfone groups is 1. The van der Waals surface area contributed by atoms with Crippen LogP contribution in [0.5, 0.6) is 11.5 Å². The summed E-state index contributed by atoms with van der Waals surface area (Å²) in [6.07, 6.45) is 0.946. The molecule has 6 nitrogen and oxygen atoms in total. The fourth-order valence-corrected chi connectivity index (χ4v) is 4.67. The van der Waals surface area contributed by atoms with Gasteiger partial charge in [-0.2, -0.15) is 8.42 Å². The number of hydrogen-bond donors (Lipinski definition) is 0. The molecule has 2 aromatic rings. The molecule has 24 heavy (non-hydrogen) atoms. The molecule has 0 N–H and O–H groups in total. The highest BCUT2D eigenvalue weighted by Gasteiger charge is 2.25. The molecule has 0 atom stereocenters. The fourth-order valence-electron chi connectivity index (χ4n) is 2.15. The maximum absolute atomic E-state index is 12.5. The van der Waals surface area contributed by atoms with E-state index < -0.39 is 24.9 Å². The third kappa shape index (κ3) is 4.27. The van der Waals surface area contributed by atoms with Gasteiger partial charge in [0.25, 0.3) is 0 Å². The van der Waals surface area contributed by atoms with Gasteiger partial charge in [0.15, 0.2) is 9.84 Å². The number of benzene rings is 2. The van der Waals surface area contributed by atoms with Crippen molar-refractivity contribution in [3.8, 4) is 11.5 Å². The summed E-state index contributed by atoms with van der Waals surface area (Å²) in [5, 5.41) is 0. The van der Waals surface area contributed by atoms with Crippen molar-refractivity contribution in [3.05, 3.63) is 48.0 Å². The first-order valence-electron chi connectivity index (χ1n) is 7.11. The van der Waals surface area contributed by atoms with Crippen LogP contribution in [0, 0.1) is 6.92 Å². The van der Waals surface area contributed by atoms with Crippen LogP contribution in [0.1, 0.15) is 12.5 Å². The first-order chi connectivity index (χ1) is 11.1. The molecule has 0 saturated heterocycles. The second kappa shape index (κ2) is 6.82. The van der Waals surface area contributed by atoms with E-state index in [9.17, 15) is 16.8 Å². The zero-order chi connectivity index (χ0) is 18.0. The lowest BCUT2D eigenvalue weighted by atomic mass is 10.2. The Morgan fingerprint density at radius 3 is 2.08 bits per heavy atom. The largest absolute Gasteiger partial charge is 0.494 e. The summed E-state index contributed by atoms with van der Waals surface area (Å²) >= 11 is 0. The number of ether oxygens (including phenoxy) is 1. The Morgan fingerprint density at radius 2 is 1.50 bits per heavy atom. The van der Waals surface area contributed by atoms with Crippen molar-refractivity contribution >= 4 is 20.0 Å². The van der Waals surface area contributed by atoms with Crippen LogP contribution in [0.4, 0.5) is 0 Å². The van der Waals surface area contributed by atoms with Gasteiger partial charge in [0.1, 0.15) is 16.4 Å². The van der Waals surface area contributed by atoms with Crippen molar-refractivity contribution in [1.29, 1.82) is 0 Å². The van der Waals surface area contributed by atoms with Crippen molar-refractivity contribution in [1.82, 2.24) is 0 Å². The van der Waals surface area contributed by atoms with Gasteiger partial charge in [0.05, 0.1) is 11.5 Å². The van der Waals surface area contributed by atoms with Crippen molar-refractivity contribution in [3.63, 3.8) is 0 Å². The molecule has 2 rings (SSSR count). The van der Waals surface area contributed by atoms with Gasteiger partial charge in [0.2, 0.25) is 0 Å². The molecule has 0 aromatic heterocycles. The van der Waals surface area contributed by atoms with Crippen LogP contribution in [0.3, 0.4) is 0 Å². The molecule has 0 aliphatic heterocycles. The van der Waals surface area contributed by atoms with E-state index in [0.717, 1.165) is 11.8 Å². The molecule has 0 aliphatic rings. The predicted molar refractivity (Wildman–Crippen MR) is 89.7 cm³/mol. The summed E-state index contributed by atoms with van der Waals surface area (Å²) in [6.45, 7) is 4.00. The third-order valence-corrected chi connectivity index (χ3v) is 5.65. The molecule has 8 heteroatoms. The molecule has 0 aliphatic carbocycles. The molecule has 0 heterocycles. The van der Waals surface area contributed by atoms with E-state index in [0.29, 0.717) is 12.4 Å². The Hall–Kier alpha value is -2.06. The molecule has 0 bridgehead atoms. The fraction of sp³-hybridized carbons (Fsp3) is 0.250. The topological polar surface area (TPSA) is 86.7 Å². The highest BCUT2D eigenvalue weighted by molar-refractivity contribution is 7.92. The van der Waals surface area contributed by atoms with Gasteiger partial charge < -0.3 is 8.92 Å². The Balaban J connectivity index is 2.47. The van der Waals surface area contributed by atoms with E-state index in [-0.39, 0.29) is 10.6 Å². The second-order valence-corrected chi connectivity index (χ2v) is 8.67. The molecule has 0 unspecified atom stereocenters. The van der Waals surface area contributed by atoms with Crippen LogP contribution in [0.15, 0.2) is 52.3 Å². The maximum atomic E-state index is 12.5. The number of aryl methyl sites for hydroxylation is 1. The average Bonchev–Trinajstić information content (AvgIpc) is 2.45. The minimum atomic E-state index is -4.31. The highest BCUT2D eigenvalue weighted by Crippen LogP contribution is 2.28. The molecule has 0 radical (unpaired) electrons. The van der Waals surface area contributed by atoms with E-state index in [2.05, 4.69) is 0 Å². The summed E-state index contributed by atoms with van der Waals surface area (Å²) in [4.78, 5) is -0.699. The molecular weight excluding hydrogens is 352 g/mol. The van der Waals surface area contributed by atoms with E-state index in [4.69, 9.17) is 8.92 Å². The van der Waals surface area contributed by atoms with Gasteiger partial charge in [-0.3, -0.25) is 0 Å². The molecule has 0 spiro atoms. The Kier molecular flexibility index (Phi) is 5.19. The Bertz CT molecular complexity index is 946. The van der Waals surface area contributed by atoms with E-state index in [1.54, 1.807) is 13.0 Å². The zero-order valence-corrected chi connectivity index (χ0v) is 15.1. The third-order valence-electron chi connectivity index (χ3n) is 3.06. The van der Waals surface area contributed by atoms with Gasteiger partial charge in [0, 0.05) is 12.3 Å². The minimum absolute atomic E-state index is 0.0572. The molecule has 130 valence electrons. The van der Waals surface area contributed by atoms with Gasteiger partial charge >= 0.3 is 10.1 Å². The first-order valence-corrected chi connectivity index (χ1v) is 10.4. The minimum Gasteiger partial charge on any atom is -0.494 e. The molecule has 0 fully saturated rings. The molecule has 2 aromatic carbocycles. The van der Waals surface area contributed by atoms with E-state index in [1.807, 2.05) is 6.92 Å². The maximum Gasteiger partial charge on any atom is 0.340 e. The van der Waals surface area contributed by atoms with Crippen molar-refractivity contribution < 1.29 is 25.8 Å². The lowest BCUT2D eigenvalue weighted by molar-refractivity contribution is 0.338. The van der Waals surface area contributed by atoms with Crippen molar-refractivity contribution in [2.75, 3.05) is 12.9 Å². The second-order valence-electron chi connectivity index (χ2n) is 5.17. The highest BCUT2D eigenvalue weighted by atomic mass is 32.2. The smallest absolute Gasteiger partial charge is 0.340 e. The van der Waals surface area contributed by atoms with E-state index in [1.165, 1.54) is 36.4 Å². The average molecular weight is 370 g/mol. The Morgan fingerprint density at radius 1 is 0.917 bits per heavy atom. The number of hydrogen-bond acceptors (Lipinski definition) is 6. The standard InChI is InChI=1S/C16H18O6S2/c1-4-21-13-9-12(2)10-14(11-13)22-24(19,20)16-8-6-5-7-15(16)23(3,17)18/h5-11H,4H2,1-3H3. The Labute approximate surface area is 142 Å². The van der Waals surface area contributed by atoms with Crippen LogP contribution in [-0.2, 0) is 20.0 Å². The van der Waals surface area contributed by atoms with E-state index >= 15 is 0 Å². The summed E-state index contributed by atoms with van der Waals surface area (Å²) in [7, 11) is -8.03. The van der Waals surface area contributed by atoms with Gasteiger partial charge in [-0.05, 0) is 43.7 Å². The SMILES string of the molecule is CCOc1cc(C)cc(OS(=O)(=O)c2ccccc2S(C)(=O)=O)c1. The summed E-state index contributed by atoms with van der Waals surface area (Å²) in [6, 6.07) is 10.0. The van der Waals surface area contributed by atoms with Gasteiger partial charge in [-0.1, -0.05) is 12.1 Å². The molecular formula is C16H18O6S2. The lowest BCUT2D eigenvalue weighted by Crippen LogP contribution is -2.14. The zero-order valence-electron chi connectivity index (χ0n) is 13.5. The van der Waals surface area contributed by atoms with Crippen LogP contribution in [0.25, 0.3) is 0 Å². The van der Waals surface area contributed by atoms with Gasteiger partial charge in [-0.25, -0.2) is 8.42 Å². The van der Waals surface area contributed by atoms with Crippen molar-refractivity contribution in [2.45, 2.75) is 23.6 Å². The quantitative estimate of drug-likeness (QED) is 0.727. The predicted octanol–water partition coefficient (Wildman–Crippen LogP) is 2.56. The monoisotopic (exact) mass is 370 g/mol. The lowest BCUT2D eigenvalue weighted by Gasteiger charge is -2.12. The van der Waals surface area contributed by atoms with Crippen LogP contribution in [-0.4, -0.2) is 29.7 Å². The first kappa shape index (κ1) is 18.3. The summed E-state index contributed by atoms with van der Waals surface area (Å²) in [5.74, 6) is 0.529. The summed E-state index contributed by atoms with van der Waals surface area (Å²) in [5.41, 5.74) is 0.752. The molecule has 0 amide bonds. The van der Waals surface area contributed by atoms with Crippen LogP contribution in [0.2, 0.25) is 0 Å². The summed E-state index contributed by atoms with van der Waals surface area (Å²) < 4.78 is 59.1. The normalized spacial score (nSPS) is 12.0. The van der Waals surface area contributed by atoms with Crippen molar-refractivity contribution in [2.24, 2.45) is 0 Å². The van der Waals surface area contributed by atoms with Crippen LogP contribution >= 0.6 is 0 Å².